The van der Waals surface area contributed by atoms with Crippen molar-refractivity contribution in [2.24, 2.45) is 0 Å². The molecule has 2 N–H and O–H groups in total. The molecule has 0 aromatic rings. The van der Waals surface area contributed by atoms with Crippen LogP contribution in [0.25, 0.3) is 0 Å². The lowest BCUT2D eigenvalue weighted by Gasteiger charge is -2.39. The van der Waals surface area contributed by atoms with Gasteiger partial charge in [-0.15, -0.1) is 0 Å². The summed E-state index contributed by atoms with van der Waals surface area (Å²) in [4.78, 5) is 26.4. The molecule has 6 nitrogen and oxygen atoms in total. The second kappa shape index (κ2) is 6.86. The molecule has 2 amide bonds. The van der Waals surface area contributed by atoms with Gasteiger partial charge in [0.2, 0.25) is 11.8 Å². The molecule has 0 bridgehead atoms. The standard InChI is InChI=1S/C13H25N3O3/c1-14-11(17)9-16-8-4-6-13(19,10-16)7-5-12(18)15(2)3/h19H,4-10H2,1-3H3,(H,14,17). The lowest BCUT2D eigenvalue weighted by atomic mass is 9.88. The van der Waals surface area contributed by atoms with E-state index in [2.05, 4.69) is 5.32 Å². The Hall–Kier alpha value is -1.14. The summed E-state index contributed by atoms with van der Waals surface area (Å²) >= 11 is 0. The summed E-state index contributed by atoms with van der Waals surface area (Å²) in [6.07, 6.45) is 2.34. The summed E-state index contributed by atoms with van der Waals surface area (Å²) in [6, 6.07) is 0. The summed E-state index contributed by atoms with van der Waals surface area (Å²) in [5.41, 5.74) is -0.849. The molecule has 0 aromatic heterocycles. The summed E-state index contributed by atoms with van der Waals surface area (Å²) in [6.45, 7) is 1.58. The van der Waals surface area contributed by atoms with Crippen molar-refractivity contribution >= 4 is 11.8 Å². The molecule has 1 aliphatic heterocycles. The minimum atomic E-state index is -0.849. The van der Waals surface area contributed by atoms with E-state index in [-0.39, 0.29) is 11.8 Å². The van der Waals surface area contributed by atoms with Crippen LogP contribution >= 0.6 is 0 Å². The molecular formula is C13H25N3O3. The van der Waals surface area contributed by atoms with Gasteiger partial charge in [0.25, 0.3) is 0 Å². The first kappa shape index (κ1) is 15.9. The molecule has 1 unspecified atom stereocenters. The first-order valence-corrected chi connectivity index (χ1v) is 6.72. The molecule has 1 fully saturated rings. The smallest absolute Gasteiger partial charge is 0.233 e. The van der Waals surface area contributed by atoms with Gasteiger partial charge in [-0.1, -0.05) is 0 Å². The number of hydrogen-bond acceptors (Lipinski definition) is 4. The third-order valence-corrected chi connectivity index (χ3v) is 3.58. The Kier molecular flexibility index (Phi) is 5.75. The SMILES string of the molecule is CNC(=O)CN1CCCC(O)(CCC(=O)N(C)C)C1. The lowest BCUT2D eigenvalue weighted by molar-refractivity contribution is -0.131. The maximum Gasteiger partial charge on any atom is 0.233 e. The van der Waals surface area contributed by atoms with Crippen LogP contribution < -0.4 is 5.32 Å². The van der Waals surface area contributed by atoms with Crippen LogP contribution in [0.4, 0.5) is 0 Å². The van der Waals surface area contributed by atoms with Crippen LogP contribution in [0.3, 0.4) is 0 Å². The van der Waals surface area contributed by atoms with E-state index < -0.39 is 5.60 Å². The maximum absolute atomic E-state index is 11.6. The highest BCUT2D eigenvalue weighted by Gasteiger charge is 2.34. The number of rotatable bonds is 5. The van der Waals surface area contributed by atoms with Crippen LogP contribution in [0.2, 0.25) is 0 Å². The van der Waals surface area contributed by atoms with Crippen LogP contribution in [0, 0.1) is 0 Å². The van der Waals surface area contributed by atoms with E-state index in [1.807, 2.05) is 4.90 Å². The quantitative estimate of drug-likeness (QED) is 0.702. The Labute approximate surface area is 114 Å². The third kappa shape index (κ3) is 5.16. The van der Waals surface area contributed by atoms with E-state index >= 15 is 0 Å². The zero-order valence-corrected chi connectivity index (χ0v) is 12.1. The van der Waals surface area contributed by atoms with Gasteiger partial charge in [-0.05, 0) is 25.8 Å². The van der Waals surface area contributed by atoms with E-state index in [4.69, 9.17) is 0 Å². The van der Waals surface area contributed by atoms with Crippen molar-refractivity contribution in [2.45, 2.75) is 31.3 Å². The molecule has 0 spiro atoms. The zero-order chi connectivity index (χ0) is 14.5. The number of hydrogen-bond donors (Lipinski definition) is 2. The summed E-state index contributed by atoms with van der Waals surface area (Å²) in [7, 11) is 5.03. The van der Waals surface area contributed by atoms with Crippen LogP contribution in [-0.2, 0) is 9.59 Å². The van der Waals surface area contributed by atoms with E-state index in [0.29, 0.717) is 32.4 Å². The topological polar surface area (TPSA) is 72.9 Å². The maximum atomic E-state index is 11.6. The van der Waals surface area contributed by atoms with Crippen molar-refractivity contribution < 1.29 is 14.7 Å². The monoisotopic (exact) mass is 271 g/mol. The van der Waals surface area contributed by atoms with Gasteiger partial charge in [0.05, 0.1) is 12.1 Å². The highest BCUT2D eigenvalue weighted by Crippen LogP contribution is 2.25. The fourth-order valence-corrected chi connectivity index (χ4v) is 2.39. The Morgan fingerprint density at radius 3 is 2.68 bits per heavy atom. The Bertz CT molecular complexity index is 333. The molecule has 0 radical (unpaired) electrons. The minimum absolute atomic E-state index is 0.0249. The summed E-state index contributed by atoms with van der Waals surface area (Å²) < 4.78 is 0. The van der Waals surface area contributed by atoms with Crippen molar-refractivity contribution in [2.75, 3.05) is 40.8 Å². The Balaban J connectivity index is 2.47. The van der Waals surface area contributed by atoms with Gasteiger partial charge in [-0.2, -0.15) is 0 Å². The average Bonchev–Trinajstić information content (AvgIpc) is 2.35. The molecule has 0 saturated carbocycles. The van der Waals surface area contributed by atoms with Gasteiger partial charge in [0.1, 0.15) is 0 Å². The van der Waals surface area contributed by atoms with Crippen molar-refractivity contribution in [3.05, 3.63) is 0 Å². The number of likely N-dealkylation sites (N-methyl/N-ethyl adjacent to an activating group) is 1. The number of β-amino-alcohol motifs (C(OH)–C–C–N with tert-alkyl or cyclic N) is 1. The van der Waals surface area contributed by atoms with Crippen molar-refractivity contribution in [3.8, 4) is 0 Å². The number of aliphatic hydroxyl groups is 1. The predicted octanol–water partition coefficient (Wildman–Crippen LogP) is -0.572. The van der Waals surface area contributed by atoms with Crippen LogP contribution in [0.1, 0.15) is 25.7 Å². The summed E-state index contributed by atoms with van der Waals surface area (Å²) in [5, 5.41) is 13.1. The largest absolute Gasteiger partial charge is 0.389 e. The number of nitrogens with zero attached hydrogens (tertiary/aromatic N) is 2. The van der Waals surface area contributed by atoms with Gasteiger partial charge < -0.3 is 15.3 Å². The van der Waals surface area contributed by atoms with Gasteiger partial charge >= 0.3 is 0 Å². The van der Waals surface area contributed by atoms with E-state index in [9.17, 15) is 14.7 Å². The van der Waals surface area contributed by atoms with Crippen LogP contribution in [0.15, 0.2) is 0 Å². The molecule has 0 aromatic carbocycles. The Morgan fingerprint density at radius 2 is 2.11 bits per heavy atom. The summed E-state index contributed by atoms with van der Waals surface area (Å²) in [5.74, 6) is -0.0227. The third-order valence-electron chi connectivity index (χ3n) is 3.58. The fourth-order valence-electron chi connectivity index (χ4n) is 2.39. The molecule has 1 aliphatic rings. The number of carbonyl (C=O) groups is 2. The second-order valence-electron chi connectivity index (χ2n) is 5.50. The average molecular weight is 271 g/mol. The molecule has 1 rings (SSSR count). The van der Waals surface area contributed by atoms with E-state index in [1.54, 1.807) is 21.1 Å². The number of carbonyl (C=O) groups excluding carboxylic acids is 2. The predicted molar refractivity (Wildman–Crippen MR) is 72.6 cm³/mol. The normalized spacial score (nSPS) is 24.0. The van der Waals surface area contributed by atoms with Gasteiger partial charge in [0, 0.05) is 34.1 Å². The molecule has 19 heavy (non-hydrogen) atoms. The minimum Gasteiger partial charge on any atom is -0.389 e. The molecule has 6 heteroatoms. The first-order chi connectivity index (χ1) is 8.86. The second-order valence-corrected chi connectivity index (χ2v) is 5.50. The lowest BCUT2D eigenvalue weighted by Crippen LogP contribution is -2.51. The number of nitrogens with one attached hydrogen (secondary N) is 1. The number of amides is 2. The van der Waals surface area contributed by atoms with Gasteiger partial charge in [-0.25, -0.2) is 0 Å². The molecule has 1 heterocycles. The highest BCUT2D eigenvalue weighted by atomic mass is 16.3. The van der Waals surface area contributed by atoms with E-state index in [1.165, 1.54) is 4.90 Å². The molecule has 1 saturated heterocycles. The molecular weight excluding hydrogens is 246 g/mol. The molecule has 0 aliphatic carbocycles. The number of piperidine rings is 1. The van der Waals surface area contributed by atoms with Crippen molar-refractivity contribution in [1.29, 1.82) is 0 Å². The highest BCUT2D eigenvalue weighted by molar-refractivity contribution is 5.77. The van der Waals surface area contributed by atoms with E-state index in [0.717, 1.165) is 13.0 Å². The fraction of sp³-hybridized carbons (Fsp3) is 0.846. The first-order valence-electron chi connectivity index (χ1n) is 6.72. The zero-order valence-electron chi connectivity index (χ0n) is 12.1. The molecule has 1 atom stereocenters. The van der Waals surface area contributed by atoms with Crippen molar-refractivity contribution in [1.82, 2.24) is 15.1 Å². The van der Waals surface area contributed by atoms with Crippen molar-refractivity contribution in [3.63, 3.8) is 0 Å². The Morgan fingerprint density at radius 1 is 1.42 bits per heavy atom. The number of likely N-dealkylation sites (tertiary alicyclic amines) is 1. The van der Waals surface area contributed by atoms with Crippen LogP contribution in [-0.4, -0.2) is 73.1 Å². The van der Waals surface area contributed by atoms with Gasteiger partial charge in [0.15, 0.2) is 0 Å². The van der Waals surface area contributed by atoms with Crippen LogP contribution in [0.5, 0.6) is 0 Å². The molecule has 110 valence electrons. The van der Waals surface area contributed by atoms with Gasteiger partial charge in [-0.3, -0.25) is 14.5 Å².